The van der Waals surface area contributed by atoms with Crippen LogP contribution >= 0.6 is 0 Å². The molecule has 0 heterocycles. The lowest BCUT2D eigenvalue weighted by Crippen LogP contribution is -1.96. The van der Waals surface area contributed by atoms with Crippen LogP contribution in [0.25, 0.3) is 0 Å². The van der Waals surface area contributed by atoms with Gasteiger partial charge in [-0.25, -0.2) is 0 Å². The predicted octanol–water partition coefficient (Wildman–Crippen LogP) is 4.40. The van der Waals surface area contributed by atoms with Gasteiger partial charge in [0, 0.05) is 0 Å². The van der Waals surface area contributed by atoms with Crippen LogP contribution in [0.1, 0.15) is 27.8 Å². The van der Waals surface area contributed by atoms with Crippen LogP contribution in [0.15, 0.2) is 42.5 Å². The summed E-state index contributed by atoms with van der Waals surface area (Å²) in [5.74, 6) is 0. The van der Waals surface area contributed by atoms with Crippen molar-refractivity contribution in [3.63, 3.8) is 0 Å². The highest BCUT2D eigenvalue weighted by atomic mass is 14.1. The van der Waals surface area contributed by atoms with Crippen LogP contribution in [-0.2, 0) is 12.8 Å². The molecule has 0 spiro atoms. The van der Waals surface area contributed by atoms with Gasteiger partial charge in [-0.3, -0.25) is 0 Å². The Morgan fingerprint density at radius 3 is 2.00 bits per heavy atom. The molecule has 0 amide bonds. The van der Waals surface area contributed by atoms with Crippen molar-refractivity contribution in [2.75, 3.05) is 0 Å². The van der Waals surface area contributed by atoms with Crippen LogP contribution in [0, 0.1) is 20.8 Å². The Bertz CT molecular complexity index is 509. The molecule has 0 radical (unpaired) electrons. The van der Waals surface area contributed by atoms with Gasteiger partial charge in [-0.2, -0.15) is 0 Å². The van der Waals surface area contributed by atoms with Gasteiger partial charge in [-0.1, -0.05) is 48.0 Å². The molecule has 0 aliphatic rings. The van der Waals surface area contributed by atoms with Crippen LogP contribution in [0.4, 0.5) is 0 Å². The van der Waals surface area contributed by atoms with E-state index in [1.807, 2.05) is 0 Å². The molecule has 2 rings (SSSR count). The number of hydrogen-bond acceptors (Lipinski definition) is 0. The summed E-state index contributed by atoms with van der Waals surface area (Å²) in [6.45, 7) is 6.55. The van der Waals surface area contributed by atoms with E-state index in [9.17, 15) is 0 Å². The van der Waals surface area contributed by atoms with Crippen LogP contribution in [-0.4, -0.2) is 0 Å². The highest BCUT2D eigenvalue weighted by molar-refractivity contribution is 5.32. The van der Waals surface area contributed by atoms with Crippen LogP contribution in [0.3, 0.4) is 0 Å². The van der Waals surface area contributed by atoms with E-state index in [1.54, 1.807) is 0 Å². The Kier molecular flexibility index (Phi) is 3.63. The normalized spacial score (nSPS) is 10.5. The van der Waals surface area contributed by atoms with Gasteiger partial charge in [-0.05, 0) is 55.9 Å². The average molecular weight is 224 g/mol. The van der Waals surface area contributed by atoms with E-state index < -0.39 is 0 Å². The second-order valence-electron chi connectivity index (χ2n) is 4.86. The third kappa shape index (κ3) is 2.97. The monoisotopic (exact) mass is 224 g/mol. The molecule has 2 aromatic carbocycles. The molecule has 0 aliphatic heterocycles. The second kappa shape index (κ2) is 5.18. The van der Waals surface area contributed by atoms with Crippen molar-refractivity contribution >= 4 is 0 Å². The van der Waals surface area contributed by atoms with E-state index in [0.29, 0.717) is 0 Å². The molecule has 17 heavy (non-hydrogen) atoms. The molecule has 88 valence electrons. The molecular weight excluding hydrogens is 204 g/mol. The molecular formula is C17H20. The topological polar surface area (TPSA) is 0 Å². The maximum Gasteiger partial charge on any atom is -0.0236 e. The molecule has 0 nitrogen and oxygen atoms in total. The maximum atomic E-state index is 2.27. The SMILES string of the molecule is Cc1ccc(CCc2ccccc2C)c(C)c1. The zero-order chi connectivity index (χ0) is 12.3. The first-order chi connectivity index (χ1) is 8.16. The molecule has 0 fully saturated rings. The fourth-order valence-electron chi connectivity index (χ4n) is 2.29. The third-order valence-corrected chi connectivity index (χ3v) is 3.42. The Hall–Kier alpha value is -1.56. The third-order valence-electron chi connectivity index (χ3n) is 3.42. The summed E-state index contributed by atoms with van der Waals surface area (Å²) in [7, 11) is 0. The van der Waals surface area contributed by atoms with Crippen molar-refractivity contribution in [3.8, 4) is 0 Å². The molecule has 0 heteroatoms. The summed E-state index contributed by atoms with van der Waals surface area (Å²) < 4.78 is 0. The zero-order valence-corrected chi connectivity index (χ0v) is 11.0. The van der Waals surface area contributed by atoms with Gasteiger partial charge >= 0.3 is 0 Å². The minimum atomic E-state index is 1.14. The summed E-state index contributed by atoms with van der Waals surface area (Å²) in [5, 5.41) is 0. The average Bonchev–Trinajstić information content (AvgIpc) is 2.30. The molecule has 2 aromatic rings. The van der Waals surface area contributed by atoms with E-state index in [-0.39, 0.29) is 0 Å². The summed E-state index contributed by atoms with van der Waals surface area (Å²) in [6.07, 6.45) is 2.27. The first kappa shape index (κ1) is 11.9. The largest absolute Gasteiger partial charge is 0.0620 e. The Morgan fingerprint density at radius 2 is 1.35 bits per heavy atom. The zero-order valence-electron chi connectivity index (χ0n) is 11.0. The molecule has 0 atom stereocenters. The summed E-state index contributed by atoms with van der Waals surface area (Å²) in [5.41, 5.74) is 7.10. The van der Waals surface area contributed by atoms with Crippen molar-refractivity contribution in [2.24, 2.45) is 0 Å². The van der Waals surface area contributed by atoms with Crippen molar-refractivity contribution in [2.45, 2.75) is 33.6 Å². The summed E-state index contributed by atoms with van der Waals surface area (Å²) >= 11 is 0. The molecule has 0 unspecified atom stereocenters. The Morgan fingerprint density at radius 1 is 0.706 bits per heavy atom. The van der Waals surface area contributed by atoms with E-state index >= 15 is 0 Å². The van der Waals surface area contributed by atoms with Crippen LogP contribution in [0.5, 0.6) is 0 Å². The molecule has 0 bridgehead atoms. The lowest BCUT2D eigenvalue weighted by Gasteiger charge is -2.08. The second-order valence-corrected chi connectivity index (χ2v) is 4.86. The van der Waals surface area contributed by atoms with Gasteiger partial charge < -0.3 is 0 Å². The lowest BCUT2D eigenvalue weighted by molar-refractivity contribution is 0.938. The highest BCUT2D eigenvalue weighted by Crippen LogP contribution is 2.15. The summed E-state index contributed by atoms with van der Waals surface area (Å²) in [6, 6.07) is 15.4. The molecule has 0 aliphatic carbocycles. The van der Waals surface area contributed by atoms with Gasteiger partial charge in [0.25, 0.3) is 0 Å². The molecule has 0 N–H and O–H groups in total. The smallest absolute Gasteiger partial charge is 0.0236 e. The fourth-order valence-corrected chi connectivity index (χ4v) is 2.29. The van der Waals surface area contributed by atoms with E-state index in [2.05, 4.69) is 63.2 Å². The van der Waals surface area contributed by atoms with Crippen molar-refractivity contribution < 1.29 is 0 Å². The Balaban J connectivity index is 2.10. The predicted molar refractivity (Wildman–Crippen MR) is 74.5 cm³/mol. The standard InChI is InChI=1S/C17H20/c1-13-8-9-17(15(3)12-13)11-10-16-7-5-4-6-14(16)2/h4-9,12H,10-11H2,1-3H3. The minimum Gasteiger partial charge on any atom is -0.0620 e. The number of hydrogen-bond donors (Lipinski definition) is 0. The highest BCUT2D eigenvalue weighted by Gasteiger charge is 2.01. The van der Waals surface area contributed by atoms with Crippen LogP contribution < -0.4 is 0 Å². The molecule has 0 aromatic heterocycles. The van der Waals surface area contributed by atoms with E-state index in [4.69, 9.17) is 0 Å². The van der Waals surface area contributed by atoms with E-state index in [1.165, 1.54) is 27.8 Å². The quantitative estimate of drug-likeness (QED) is 0.725. The van der Waals surface area contributed by atoms with Gasteiger partial charge in [0.2, 0.25) is 0 Å². The number of rotatable bonds is 3. The first-order valence-corrected chi connectivity index (χ1v) is 6.27. The van der Waals surface area contributed by atoms with E-state index in [0.717, 1.165) is 12.8 Å². The maximum absolute atomic E-state index is 2.27. The lowest BCUT2D eigenvalue weighted by atomic mass is 9.97. The molecule has 0 saturated heterocycles. The number of benzene rings is 2. The Labute approximate surface area is 104 Å². The van der Waals surface area contributed by atoms with Crippen LogP contribution in [0.2, 0.25) is 0 Å². The summed E-state index contributed by atoms with van der Waals surface area (Å²) in [4.78, 5) is 0. The minimum absolute atomic E-state index is 1.14. The van der Waals surface area contributed by atoms with Crippen molar-refractivity contribution in [1.29, 1.82) is 0 Å². The van der Waals surface area contributed by atoms with Crippen molar-refractivity contribution in [3.05, 3.63) is 70.3 Å². The first-order valence-electron chi connectivity index (χ1n) is 6.27. The van der Waals surface area contributed by atoms with Gasteiger partial charge in [0.05, 0.1) is 0 Å². The fraction of sp³-hybridized carbons (Fsp3) is 0.294. The van der Waals surface area contributed by atoms with Gasteiger partial charge in [-0.15, -0.1) is 0 Å². The van der Waals surface area contributed by atoms with Gasteiger partial charge in [0.1, 0.15) is 0 Å². The number of aryl methyl sites for hydroxylation is 5. The van der Waals surface area contributed by atoms with Gasteiger partial charge in [0.15, 0.2) is 0 Å². The molecule has 0 saturated carbocycles. The van der Waals surface area contributed by atoms with Crippen molar-refractivity contribution in [1.82, 2.24) is 0 Å².